The molecule has 8 nitrogen and oxygen atoms in total. The summed E-state index contributed by atoms with van der Waals surface area (Å²) in [6.45, 7) is 3.25. The molecule has 1 atom stereocenters. The molecule has 2 aromatic heterocycles. The zero-order valence-corrected chi connectivity index (χ0v) is 15.9. The summed E-state index contributed by atoms with van der Waals surface area (Å²) in [5, 5.41) is 14.7. The van der Waals surface area contributed by atoms with Gasteiger partial charge >= 0.3 is 5.69 Å². The molecule has 0 spiro atoms. The fourth-order valence-corrected chi connectivity index (χ4v) is 2.83. The van der Waals surface area contributed by atoms with Gasteiger partial charge in [0.1, 0.15) is 6.54 Å². The third kappa shape index (κ3) is 3.86. The van der Waals surface area contributed by atoms with Crippen molar-refractivity contribution >= 4 is 11.6 Å². The second-order valence-electron chi connectivity index (χ2n) is 6.32. The van der Waals surface area contributed by atoms with E-state index in [4.69, 9.17) is 16.1 Å². The Morgan fingerprint density at radius 3 is 2.56 bits per heavy atom. The minimum Gasteiger partial charge on any atom is -0.388 e. The van der Waals surface area contributed by atoms with Crippen molar-refractivity contribution in [1.29, 1.82) is 0 Å². The van der Waals surface area contributed by atoms with Crippen molar-refractivity contribution in [3.05, 3.63) is 78.7 Å². The lowest BCUT2D eigenvalue weighted by atomic mass is 10.1. The van der Waals surface area contributed by atoms with Gasteiger partial charge in [0.2, 0.25) is 5.89 Å². The third-order valence-corrected chi connectivity index (χ3v) is 4.82. The van der Waals surface area contributed by atoms with E-state index in [2.05, 4.69) is 10.1 Å². The van der Waals surface area contributed by atoms with Crippen LogP contribution in [-0.2, 0) is 20.0 Å². The molecule has 0 aliphatic carbocycles. The molecule has 0 saturated carbocycles. The molecular weight excluding hydrogens is 372 g/mol. The second kappa shape index (κ2) is 7.50. The summed E-state index contributed by atoms with van der Waals surface area (Å²) in [5.74, 6) is 0.400. The van der Waals surface area contributed by atoms with Crippen molar-refractivity contribution in [2.24, 2.45) is 7.05 Å². The summed E-state index contributed by atoms with van der Waals surface area (Å²) in [7, 11) is 1.60. The first-order valence-electron chi connectivity index (χ1n) is 8.30. The Bertz CT molecular complexity index is 1040. The average molecular weight is 391 g/mol. The van der Waals surface area contributed by atoms with Crippen LogP contribution in [0.5, 0.6) is 0 Å². The summed E-state index contributed by atoms with van der Waals surface area (Å²) in [5.41, 5.74) is 0.916. The molecular formula is C18H19ClN4O4. The molecule has 27 heavy (non-hydrogen) atoms. The highest BCUT2D eigenvalue weighted by atomic mass is 35.5. The third-order valence-electron chi connectivity index (χ3n) is 4.56. The number of hydrogen-bond donors (Lipinski definition) is 1. The summed E-state index contributed by atoms with van der Waals surface area (Å²) in [4.78, 5) is 28.9. The number of halogens is 1. The van der Waals surface area contributed by atoms with Crippen LogP contribution in [0.2, 0.25) is 5.02 Å². The number of hydrogen-bond acceptors (Lipinski definition) is 6. The molecule has 0 aliphatic heterocycles. The smallest absolute Gasteiger partial charge is 0.331 e. The molecule has 0 fully saturated rings. The largest absolute Gasteiger partial charge is 0.388 e. The van der Waals surface area contributed by atoms with Gasteiger partial charge in [-0.2, -0.15) is 4.98 Å². The Balaban J connectivity index is 1.80. The van der Waals surface area contributed by atoms with E-state index in [1.54, 1.807) is 45.2 Å². The van der Waals surface area contributed by atoms with Crippen LogP contribution in [0.15, 0.2) is 38.4 Å². The predicted molar refractivity (Wildman–Crippen MR) is 98.9 cm³/mol. The van der Waals surface area contributed by atoms with Crippen LogP contribution in [0, 0.1) is 13.8 Å². The molecule has 1 aromatic carbocycles. The Morgan fingerprint density at radius 2 is 1.89 bits per heavy atom. The van der Waals surface area contributed by atoms with Crippen LogP contribution in [0.4, 0.5) is 0 Å². The van der Waals surface area contributed by atoms with E-state index in [0.29, 0.717) is 21.8 Å². The molecule has 0 unspecified atom stereocenters. The average Bonchev–Trinajstić information content (AvgIpc) is 3.09. The van der Waals surface area contributed by atoms with Crippen molar-refractivity contribution in [1.82, 2.24) is 19.3 Å². The lowest BCUT2D eigenvalue weighted by Gasteiger charge is -2.10. The Kier molecular flexibility index (Phi) is 5.29. The molecule has 0 radical (unpaired) electrons. The Labute approximate surface area is 159 Å². The quantitative estimate of drug-likeness (QED) is 0.708. The first-order chi connectivity index (χ1) is 12.8. The zero-order chi connectivity index (χ0) is 19.7. The fourth-order valence-electron chi connectivity index (χ4n) is 2.71. The minimum atomic E-state index is -0.829. The number of aliphatic hydroxyl groups excluding tert-OH is 1. The van der Waals surface area contributed by atoms with Gasteiger partial charge < -0.3 is 14.2 Å². The van der Waals surface area contributed by atoms with E-state index in [1.807, 2.05) is 0 Å². The summed E-state index contributed by atoms with van der Waals surface area (Å²) in [6.07, 6.45) is -0.699. The summed E-state index contributed by atoms with van der Waals surface area (Å²) < 4.78 is 7.60. The zero-order valence-electron chi connectivity index (χ0n) is 15.1. The second-order valence-corrected chi connectivity index (χ2v) is 6.76. The van der Waals surface area contributed by atoms with Crippen molar-refractivity contribution in [3.8, 4) is 0 Å². The van der Waals surface area contributed by atoms with Crippen LogP contribution in [0.1, 0.15) is 34.6 Å². The van der Waals surface area contributed by atoms with E-state index in [9.17, 15) is 14.7 Å². The lowest BCUT2D eigenvalue weighted by molar-refractivity contribution is 0.174. The number of aliphatic hydroxyl groups is 1. The maximum Gasteiger partial charge on any atom is 0.331 e. The number of benzene rings is 1. The first-order valence-corrected chi connectivity index (χ1v) is 8.67. The highest BCUT2D eigenvalue weighted by Crippen LogP contribution is 2.19. The van der Waals surface area contributed by atoms with E-state index in [0.717, 1.165) is 4.57 Å². The van der Waals surface area contributed by atoms with Gasteiger partial charge in [-0.05, 0) is 31.5 Å². The van der Waals surface area contributed by atoms with Gasteiger partial charge in [0.25, 0.3) is 5.56 Å². The lowest BCUT2D eigenvalue weighted by Crippen LogP contribution is -2.41. The van der Waals surface area contributed by atoms with E-state index < -0.39 is 17.4 Å². The van der Waals surface area contributed by atoms with Crippen LogP contribution in [-0.4, -0.2) is 24.4 Å². The van der Waals surface area contributed by atoms with Gasteiger partial charge in [0, 0.05) is 29.7 Å². The van der Waals surface area contributed by atoms with Crippen molar-refractivity contribution < 1.29 is 9.63 Å². The SMILES string of the molecule is Cc1c(C)n(C)c(=O)n(Cc2nc(C[C@H](O)c3ccc(Cl)cc3)no2)c1=O. The monoisotopic (exact) mass is 390 g/mol. The van der Waals surface area contributed by atoms with Crippen LogP contribution in [0.25, 0.3) is 0 Å². The van der Waals surface area contributed by atoms with Crippen LogP contribution in [0.3, 0.4) is 0 Å². The predicted octanol–water partition coefficient (Wildman–Crippen LogP) is 1.52. The van der Waals surface area contributed by atoms with Gasteiger partial charge in [-0.25, -0.2) is 4.79 Å². The first kappa shape index (κ1) is 19.1. The standard InChI is InChI=1S/C18H19ClN4O4/c1-10-11(2)22(3)18(26)23(17(10)25)9-16-20-15(21-27-16)8-14(24)12-4-6-13(19)7-5-12/h4-7,14,24H,8-9H2,1-3H3/t14-/m0/s1. The van der Waals surface area contributed by atoms with Gasteiger partial charge in [-0.1, -0.05) is 28.9 Å². The topological polar surface area (TPSA) is 103 Å². The van der Waals surface area contributed by atoms with Gasteiger partial charge in [-0.3, -0.25) is 9.36 Å². The Morgan fingerprint density at radius 1 is 1.22 bits per heavy atom. The Hall–Kier alpha value is -2.71. The highest BCUT2D eigenvalue weighted by Gasteiger charge is 2.17. The number of nitrogens with zero attached hydrogens (tertiary/aromatic N) is 4. The van der Waals surface area contributed by atoms with E-state index in [-0.39, 0.29) is 24.7 Å². The van der Waals surface area contributed by atoms with Gasteiger partial charge in [-0.15, -0.1) is 0 Å². The van der Waals surface area contributed by atoms with Crippen molar-refractivity contribution in [2.75, 3.05) is 0 Å². The molecule has 3 aromatic rings. The summed E-state index contributed by atoms with van der Waals surface area (Å²) >= 11 is 5.84. The molecule has 1 N–H and O–H groups in total. The molecule has 9 heteroatoms. The minimum absolute atomic E-state index is 0.121. The molecule has 2 heterocycles. The van der Waals surface area contributed by atoms with Crippen LogP contribution < -0.4 is 11.2 Å². The molecule has 0 aliphatic rings. The van der Waals surface area contributed by atoms with E-state index in [1.165, 1.54) is 4.57 Å². The molecule has 0 amide bonds. The highest BCUT2D eigenvalue weighted by molar-refractivity contribution is 6.30. The summed E-state index contributed by atoms with van der Waals surface area (Å²) in [6, 6.07) is 6.80. The van der Waals surface area contributed by atoms with E-state index >= 15 is 0 Å². The molecule has 0 saturated heterocycles. The molecule has 142 valence electrons. The molecule has 0 bridgehead atoms. The van der Waals surface area contributed by atoms with Gasteiger partial charge in [0.05, 0.1) is 6.10 Å². The van der Waals surface area contributed by atoms with Crippen molar-refractivity contribution in [2.45, 2.75) is 32.9 Å². The maximum absolute atomic E-state index is 12.4. The molecule has 3 rings (SSSR count). The number of aromatic nitrogens is 4. The maximum atomic E-state index is 12.4. The normalized spacial score (nSPS) is 12.3. The van der Waals surface area contributed by atoms with Crippen molar-refractivity contribution in [3.63, 3.8) is 0 Å². The van der Waals surface area contributed by atoms with Gasteiger partial charge in [0.15, 0.2) is 5.82 Å². The fraction of sp³-hybridized carbons (Fsp3) is 0.333. The number of rotatable bonds is 5. The van der Waals surface area contributed by atoms with Crippen LogP contribution >= 0.6 is 11.6 Å².